The van der Waals surface area contributed by atoms with Crippen molar-refractivity contribution in [1.82, 2.24) is 15.1 Å². The number of rotatable bonds is 11. The lowest BCUT2D eigenvalue weighted by Gasteiger charge is -2.37. The number of amides is 2. The molecule has 0 aliphatic carbocycles. The summed E-state index contributed by atoms with van der Waals surface area (Å²) in [6, 6.07) is 0.144. The summed E-state index contributed by atoms with van der Waals surface area (Å²) in [6.07, 6.45) is 9.54. The highest BCUT2D eigenvalue weighted by molar-refractivity contribution is 5.83. The molecule has 0 radical (unpaired) electrons. The molecule has 0 saturated carbocycles. The van der Waals surface area contributed by atoms with Crippen molar-refractivity contribution in [1.29, 1.82) is 0 Å². The van der Waals surface area contributed by atoms with Crippen molar-refractivity contribution in [3.63, 3.8) is 0 Å². The lowest BCUT2D eigenvalue weighted by atomic mass is 10.0. The van der Waals surface area contributed by atoms with Gasteiger partial charge < -0.3 is 19.9 Å². The molecule has 6 heteroatoms. The van der Waals surface area contributed by atoms with Gasteiger partial charge >= 0.3 is 0 Å². The molecule has 0 aromatic heterocycles. The number of likely N-dealkylation sites (N-methyl/N-ethyl adjacent to an activating group) is 1. The average Bonchev–Trinajstić information content (AvgIpc) is 2.68. The fourth-order valence-corrected chi connectivity index (χ4v) is 3.32. The number of hydrogen-bond donors (Lipinski definition) is 1. The van der Waals surface area contributed by atoms with Crippen LogP contribution in [0, 0.1) is 0 Å². The predicted molar refractivity (Wildman–Crippen MR) is 108 cm³/mol. The van der Waals surface area contributed by atoms with Crippen molar-refractivity contribution in [2.24, 2.45) is 0 Å². The Morgan fingerprint density at radius 2 is 1.89 bits per heavy atom. The van der Waals surface area contributed by atoms with E-state index in [0.717, 1.165) is 36.9 Å². The number of Topliss-reactive ketones (excluding diaryl/α,β-unsaturated/α-hetero) is 1. The number of carbonyl (C=O) groups is 3. The summed E-state index contributed by atoms with van der Waals surface area (Å²) in [7, 11) is 1.87. The minimum absolute atomic E-state index is 0.0307. The molecule has 27 heavy (non-hydrogen) atoms. The summed E-state index contributed by atoms with van der Waals surface area (Å²) < 4.78 is 0. The van der Waals surface area contributed by atoms with Crippen molar-refractivity contribution in [2.75, 3.05) is 26.7 Å². The molecular weight excluding hydrogens is 342 g/mol. The van der Waals surface area contributed by atoms with E-state index < -0.39 is 0 Å². The van der Waals surface area contributed by atoms with Gasteiger partial charge in [-0.25, -0.2) is 0 Å². The fraction of sp³-hybridized carbons (Fsp3) is 0.571. The van der Waals surface area contributed by atoms with Gasteiger partial charge in [0.2, 0.25) is 12.3 Å². The van der Waals surface area contributed by atoms with Crippen molar-refractivity contribution < 1.29 is 14.4 Å². The fourth-order valence-electron chi connectivity index (χ4n) is 3.32. The normalized spacial score (nSPS) is 16.0. The summed E-state index contributed by atoms with van der Waals surface area (Å²) in [4.78, 5) is 38.4. The Morgan fingerprint density at radius 3 is 2.37 bits per heavy atom. The molecule has 0 spiro atoms. The SMILES string of the molecule is C=C/C(CCN(C=O)C1CCN(C(=O)CCC(C)=O)CC1)=C(\C=C/C)NC. The van der Waals surface area contributed by atoms with E-state index in [-0.39, 0.29) is 24.2 Å². The molecule has 0 atom stereocenters. The zero-order valence-corrected chi connectivity index (χ0v) is 16.9. The maximum absolute atomic E-state index is 12.1. The van der Waals surface area contributed by atoms with Crippen LogP contribution in [0.3, 0.4) is 0 Å². The Morgan fingerprint density at radius 1 is 1.22 bits per heavy atom. The molecule has 1 heterocycles. The van der Waals surface area contributed by atoms with E-state index in [1.54, 1.807) is 0 Å². The highest BCUT2D eigenvalue weighted by atomic mass is 16.2. The van der Waals surface area contributed by atoms with Gasteiger partial charge in [0.15, 0.2) is 0 Å². The highest BCUT2D eigenvalue weighted by Crippen LogP contribution is 2.19. The van der Waals surface area contributed by atoms with Gasteiger partial charge in [-0.05, 0) is 44.8 Å². The van der Waals surface area contributed by atoms with E-state index in [2.05, 4.69) is 11.9 Å². The summed E-state index contributed by atoms with van der Waals surface area (Å²) in [5.41, 5.74) is 2.07. The maximum atomic E-state index is 12.1. The first-order valence-corrected chi connectivity index (χ1v) is 9.61. The first-order chi connectivity index (χ1) is 13.0. The number of nitrogens with one attached hydrogen (secondary N) is 1. The number of carbonyl (C=O) groups excluding carboxylic acids is 3. The average molecular weight is 376 g/mol. The van der Waals surface area contributed by atoms with Crippen LogP contribution in [0.2, 0.25) is 0 Å². The minimum Gasteiger partial charge on any atom is -0.388 e. The Hall–Kier alpha value is -2.37. The molecular formula is C21H33N3O3. The van der Waals surface area contributed by atoms with Crippen molar-refractivity contribution in [2.45, 2.75) is 52.0 Å². The van der Waals surface area contributed by atoms with Gasteiger partial charge in [-0.3, -0.25) is 9.59 Å². The zero-order chi connectivity index (χ0) is 20.2. The van der Waals surface area contributed by atoms with E-state index in [1.165, 1.54) is 6.92 Å². The minimum atomic E-state index is 0.0307. The van der Waals surface area contributed by atoms with Crippen LogP contribution in [0.1, 0.15) is 46.0 Å². The number of piperidine rings is 1. The smallest absolute Gasteiger partial charge is 0.223 e. The molecule has 1 fully saturated rings. The van der Waals surface area contributed by atoms with E-state index >= 15 is 0 Å². The molecule has 0 bridgehead atoms. The first kappa shape index (κ1) is 22.7. The molecule has 1 N–H and O–H groups in total. The number of hydrogen-bond acceptors (Lipinski definition) is 4. The van der Waals surface area contributed by atoms with Gasteiger partial charge in [0.05, 0.1) is 0 Å². The monoisotopic (exact) mass is 375 g/mol. The molecule has 150 valence electrons. The van der Waals surface area contributed by atoms with Gasteiger partial charge in [0.25, 0.3) is 0 Å². The van der Waals surface area contributed by atoms with Gasteiger partial charge in [-0.1, -0.05) is 18.7 Å². The van der Waals surface area contributed by atoms with Crippen LogP contribution in [0.15, 0.2) is 36.1 Å². The van der Waals surface area contributed by atoms with Crippen molar-refractivity contribution in [3.8, 4) is 0 Å². The molecule has 1 aliphatic rings. The molecule has 1 rings (SSSR count). The lowest BCUT2D eigenvalue weighted by molar-refractivity contribution is -0.134. The van der Waals surface area contributed by atoms with Gasteiger partial charge in [-0.2, -0.15) is 0 Å². The summed E-state index contributed by atoms with van der Waals surface area (Å²) in [6.45, 7) is 9.24. The van der Waals surface area contributed by atoms with Crippen LogP contribution in [0.5, 0.6) is 0 Å². The van der Waals surface area contributed by atoms with Gasteiger partial charge in [-0.15, -0.1) is 0 Å². The largest absolute Gasteiger partial charge is 0.388 e. The van der Waals surface area contributed by atoms with Gasteiger partial charge in [0.1, 0.15) is 5.78 Å². The van der Waals surface area contributed by atoms with Crippen LogP contribution in [0.25, 0.3) is 0 Å². The second kappa shape index (κ2) is 12.1. The predicted octanol–water partition coefficient (Wildman–Crippen LogP) is 2.43. The molecule has 0 unspecified atom stereocenters. The number of likely N-dealkylation sites (tertiary alicyclic amines) is 1. The lowest BCUT2D eigenvalue weighted by Crippen LogP contribution is -2.46. The number of nitrogens with zero attached hydrogens (tertiary/aromatic N) is 2. The van der Waals surface area contributed by atoms with E-state index in [4.69, 9.17) is 0 Å². The van der Waals surface area contributed by atoms with E-state index in [1.807, 2.05) is 42.0 Å². The van der Waals surface area contributed by atoms with Crippen LogP contribution < -0.4 is 5.32 Å². The second-order valence-corrected chi connectivity index (χ2v) is 6.80. The van der Waals surface area contributed by atoms with E-state index in [0.29, 0.717) is 26.1 Å². The van der Waals surface area contributed by atoms with E-state index in [9.17, 15) is 14.4 Å². The Balaban J connectivity index is 2.59. The topological polar surface area (TPSA) is 69.7 Å². The summed E-state index contributed by atoms with van der Waals surface area (Å²) >= 11 is 0. The van der Waals surface area contributed by atoms with Crippen molar-refractivity contribution in [3.05, 3.63) is 36.1 Å². The molecule has 0 aromatic carbocycles. The summed E-state index contributed by atoms with van der Waals surface area (Å²) in [5, 5.41) is 3.16. The number of allylic oxidation sites excluding steroid dienone is 3. The van der Waals surface area contributed by atoms with Crippen LogP contribution in [-0.2, 0) is 14.4 Å². The Labute approximate surface area is 163 Å². The first-order valence-electron chi connectivity index (χ1n) is 9.61. The molecule has 0 aromatic rings. The van der Waals surface area contributed by atoms with Crippen molar-refractivity contribution >= 4 is 18.1 Å². The molecule has 1 aliphatic heterocycles. The van der Waals surface area contributed by atoms with Crippen LogP contribution >= 0.6 is 0 Å². The van der Waals surface area contributed by atoms with Crippen LogP contribution in [-0.4, -0.2) is 60.6 Å². The van der Waals surface area contributed by atoms with Gasteiger partial charge in [0, 0.05) is 51.3 Å². The third-order valence-corrected chi connectivity index (χ3v) is 4.95. The summed E-state index contributed by atoms with van der Waals surface area (Å²) in [5.74, 6) is 0.0681. The number of ketones is 1. The maximum Gasteiger partial charge on any atom is 0.223 e. The molecule has 2 amide bonds. The zero-order valence-electron chi connectivity index (χ0n) is 16.9. The standard InChI is InChI=1S/C21H33N3O3/c1-5-7-20(22-4)18(6-2)10-13-24(16-25)19-11-14-23(15-12-19)21(27)9-8-17(3)26/h5-7,16,19,22H,2,8-15H2,1,3-4H3/b7-5-,20-18-. The highest BCUT2D eigenvalue weighted by Gasteiger charge is 2.26. The Kier molecular flexibility index (Phi) is 10.2. The third kappa shape index (κ3) is 7.41. The van der Waals surface area contributed by atoms with Crippen LogP contribution in [0.4, 0.5) is 0 Å². The molecule has 6 nitrogen and oxygen atoms in total. The molecule has 1 saturated heterocycles. The third-order valence-electron chi connectivity index (χ3n) is 4.95. The quantitative estimate of drug-likeness (QED) is 0.445. The second-order valence-electron chi connectivity index (χ2n) is 6.80. The Bertz CT molecular complexity index is 587.